The second-order valence-corrected chi connectivity index (χ2v) is 5.95. The molecule has 0 aliphatic heterocycles. The fraction of sp³-hybridized carbons (Fsp3) is 0.684. The zero-order valence-electron chi connectivity index (χ0n) is 13.8. The molecular formula is C19H32O2. The molecule has 0 aromatic heterocycles. The van der Waals surface area contributed by atoms with E-state index in [2.05, 4.69) is 19.1 Å². The lowest BCUT2D eigenvalue weighted by Gasteiger charge is -2.10. The summed E-state index contributed by atoms with van der Waals surface area (Å²) in [6.07, 6.45) is 11.8. The Kier molecular flexibility index (Phi) is 9.98. The summed E-state index contributed by atoms with van der Waals surface area (Å²) < 4.78 is 5.15. The molecule has 21 heavy (non-hydrogen) atoms. The van der Waals surface area contributed by atoms with Gasteiger partial charge in [0.2, 0.25) is 0 Å². The van der Waals surface area contributed by atoms with Crippen molar-refractivity contribution in [2.24, 2.45) is 0 Å². The average molecular weight is 292 g/mol. The van der Waals surface area contributed by atoms with Crippen molar-refractivity contribution in [3.05, 3.63) is 29.8 Å². The van der Waals surface area contributed by atoms with Crippen molar-refractivity contribution < 1.29 is 9.84 Å². The number of methoxy groups -OCH3 is 1. The molecule has 0 heterocycles. The Morgan fingerprint density at radius 1 is 0.905 bits per heavy atom. The highest BCUT2D eigenvalue weighted by Gasteiger charge is 2.05. The summed E-state index contributed by atoms with van der Waals surface area (Å²) in [5.41, 5.74) is 1.27. The molecule has 0 aliphatic carbocycles. The number of aliphatic hydroxyl groups excluding tert-OH is 1. The van der Waals surface area contributed by atoms with Crippen molar-refractivity contribution in [2.75, 3.05) is 7.11 Å². The van der Waals surface area contributed by atoms with Crippen molar-refractivity contribution >= 4 is 0 Å². The monoisotopic (exact) mass is 292 g/mol. The number of aliphatic hydroxyl groups is 1. The Morgan fingerprint density at radius 2 is 1.52 bits per heavy atom. The highest BCUT2D eigenvalue weighted by Crippen LogP contribution is 2.15. The van der Waals surface area contributed by atoms with Crippen molar-refractivity contribution in [1.29, 1.82) is 0 Å². The van der Waals surface area contributed by atoms with E-state index in [0.29, 0.717) is 0 Å². The molecular weight excluding hydrogens is 260 g/mol. The van der Waals surface area contributed by atoms with Crippen LogP contribution in [0, 0.1) is 0 Å². The zero-order chi connectivity index (χ0) is 15.3. The third-order valence-electron chi connectivity index (χ3n) is 4.07. The largest absolute Gasteiger partial charge is 0.497 e. The molecule has 120 valence electrons. The van der Waals surface area contributed by atoms with Crippen LogP contribution < -0.4 is 4.74 Å². The maximum absolute atomic E-state index is 10.0. The van der Waals surface area contributed by atoms with Crippen molar-refractivity contribution in [3.8, 4) is 5.75 Å². The van der Waals surface area contributed by atoms with Gasteiger partial charge < -0.3 is 9.84 Å². The number of ether oxygens (including phenoxy) is 1. The van der Waals surface area contributed by atoms with Crippen LogP contribution in [0.2, 0.25) is 0 Å². The lowest BCUT2D eigenvalue weighted by molar-refractivity contribution is 0.151. The molecule has 0 saturated carbocycles. The molecule has 0 spiro atoms. The molecule has 1 rings (SSSR count). The van der Waals surface area contributed by atoms with Gasteiger partial charge in [0, 0.05) is 0 Å². The maximum Gasteiger partial charge on any atom is 0.118 e. The number of rotatable bonds is 12. The lowest BCUT2D eigenvalue weighted by Crippen LogP contribution is -2.07. The van der Waals surface area contributed by atoms with Crippen LogP contribution in [0.15, 0.2) is 24.3 Å². The SMILES string of the molecule is CCCCCCCCCC(O)CCc1ccc(OC)cc1. The van der Waals surface area contributed by atoms with Crippen molar-refractivity contribution in [1.82, 2.24) is 0 Å². The topological polar surface area (TPSA) is 29.5 Å². The van der Waals surface area contributed by atoms with Crippen molar-refractivity contribution in [2.45, 2.75) is 77.2 Å². The quantitative estimate of drug-likeness (QED) is 0.541. The second kappa shape index (κ2) is 11.6. The van der Waals surface area contributed by atoms with Gasteiger partial charge in [-0.3, -0.25) is 0 Å². The van der Waals surface area contributed by atoms with Crippen LogP contribution >= 0.6 is 0 Å². The summed E-state index contributed by atoms with van der Waals surface area (Å²) in [6.45, 7) is 2.25. The van der Waals surface area contributed by atoms with E-state index in [-0.39, 0.29) is 6.10 Å². The van der Waals surface area contributed by atoms with Gasteiger partial charge in [-0.05, 0) is 37.0 Å². The van der Waals surface area contributed by atoms with Gasteiger partial charge in [0.15, 0.2) is 0 Å². The smallest absolute Gasteiger partial charge is 0.118 e. The lowest BCUT2D eigenvalue weighted by atomic mass is 10.0. The number of hydrogen-bond donors (Lipinski definition) is 1. The Bertz CT molecular complexity index is 345. The van der Waals surface area contributed by atoms with Crippen LogP contribution in [-0.4, -0.2) is 18.3 Å². The number of benzene rings is 1. The number of unbranched alkanes of at least 4 members (excludes halogenated alkanes) is 6. The molecule has 1 aromatic rings. The minimum absolute atomic E-state index is 0.150. The third-order valence-corrected chi connectivity index (χ3v) is 4.07. The molecule has 1 atom stereocenters. The normalized spacial score (nSPS) is 12.3. The van der Waals surface area contributed by atoms with Gasteiger partial charge in [0.1, 0.15) is 5.75 Å². The zero-order valence-corrected chi connectivity index (χ0v) is 13.8. The van der Waals surface area contributed by atoms with E-state index >= 15 is 0 Å². The van der Waals surface area contributed by atoms with E-state index in [1.165, 1.54) is 44.1 Å². The van der Waals surface area contributed by atoms with Crippen LogP contribution in [0.3, 0.4) is 0 Å². The summed E-state index contributed by atoms with van der Waals surface area (Å²) in [6, 6.07) is 8.13. The summed E-state index contributed by atoms with van der Waals surface area (Å²) in [7, 11) is 1.68. The molecule has 1 unspecified atom stereocenters. The van der Waals surface area contributed by atoms with E-state index in [9.17, 15) is 5.11 Å². The molecule has 0 saturated heterocycles. The van der Waals surface area contributed by atoms with Crippen LogP contribution in [0.4, 0.5) is 0 Å². The first-order valence-corrected chi connectivity index (χ1v) is 8.57. The average Bonchev–Trinajstić information content (AvgIpc) is 2.52. The van der Waals surface area contributed by atoms with Crippen LogP contribution in [0.25, 0.3) is 0 Å². The standard InChI is InChI=1S/C19H32O2/c1-3-4-5-6-7-8-9-10-18(20)14-11-17-12-15-19(21-2)16-13-17/h12-13,15-16,18,20H,3-11,14H2,1-2H3. The number of aryl methyl sites for hydroxylation is 1. The second-order valence-electron chi connectivity index (χ2n) is 5.95. The van der Waals surface area contributed by atoms with E-state index in [1.807, 2.05) is 12.1 Å². The van der Waals surface area contributed by atoms with Gasteiger partial charge in [0.05, 0.1) is 13.2 Å². The predicted octanol–water partition coefficient (Wildman–Crippen LogP) is 5.13. The fourth-order valence-corrected chi connectivity index (χ4v) is 2.61. The Balaban J connectivity index is 2.03. The van der Waals surface area contributed by atoms with Crippen molar-refractivity contribution in [3.63, 3.8) is 0 Å². The van der Waals surface area contributed by atoms with Crippen LogP contribution in [-0.2, 0) is 6.42 Å². The number of hydrogen-bond acceptors (Lipinski definition) is 2. The molecule has 1 aromatic carbocycles. The van der Waals surface area contributed by atoms with Gasteiger partial charge in [-0.2, -0.15) is 0 Å². The predicted molar refractivity (Wildman–Crippen MR) is 89.9 cm³/mol. The molecule has 2 heteroatoms. The molecule has 0 aliphatic rings. The van der Waals surface area contributed by atoms with Crippen LogP contribution in [0.1, 0.15) is 70.3 Å². The minimum atomic E-state index is -0.150. The summed E-state index contributed by atoms with van der Waals surface area (Å²) >= 11 is 0. The summed E-state index contributed by atoms with van der Waals surface area (Å²) in [5, 5.41) is 10.0. The molecule has 0 amide bonds. The van der Waals surface area contributed by atoms with E-state index in [0.717, 1.165) is 31.4 Å². The van der Waals surface area contributed by atoms with E-state index in [4.69, 9.17) is 4.74 Å². The first-order chi connectivity index (χ1) is 10.3. The fourth-order valence-electron chi connectivity index (χ4n) is 2.61. The van der Waals surface area contributed by atoms with Gasteiger partial charge in [-0.25, -0.2) is 0 Å². The summed E-state index contributed by atoms with van der Waals surface area (Å²) in [5.74, 6) is 0.891. The van der Waals surface area contributed by atoms with Gasteiger partial charge in [-0.15, -0.1) is 0 Å². The molecule has 1 N–H and O–H groups in total. The van der Waals surface area contributed by atoms with E-state index < -0.39 is 0 Å². The minimum Gasteiger partial charge on any atom is -0.497 e. The summed E-state index contributed by atoms with van der Waals surface area (Å²) in [4.78, 5) is 0. The van der Waals surface area contributed by atoms with Gasteiger partial charge in [0.25, 0.3) is 0 Å². The highest BCUT2D eigenvalue weighted by atomic mass is 16.5. The molecule has 0 fully saturated rings. The molecule has 2 nitrogen and oxygen atoms in total. The van der Waals surface area contributed by atoms with Gasteiger partial charge >= 0.3 is 0 Å². The van der Waals surface area contributed by atoms with Gasteiger partial charge in [-0.1, -0.05) is 64.0 Å². The molecule has 0 bridgehead atoms. The first-order valence-electron chi connectivity index (χ1n) is 8.57. The first kappa shape index (κ1) is 18.0. The Hall–Kier alpha value is -1.02. The van der Waals surface area contributed by atoms with Crippen LogP contribution in [0.5, 0.6) is 5.75 Å². The third kappa shape index (κ3) is 8.77. The Morgan fingerprint density at radius 3 is 2.14 bits per heavy atom. The molecule has 0 radical (unpaired) electrons. The maximum atomic E-state index is 10.0. The Labute approximate surface area is 130 Å². The highest BCUT2D eigenvalue weighted by molar-refractivity contribution is 5.27. The van der Waals surface area contributed by atoms with E-state index in [1.54, 1.807) is 7.11 Å².